The maximum Gasteiger partial charge on any atom is 0.335 e. The molecular weight excluding hydrogens is 348 g/mol. The van der Waals surface area contributed by atoms with Crippen LogP contribution in [0.4, 0.5) is 5.69 Å². The summed E-state index contributed by atoms with van der Waals surface area (Å²) in [4.78, 5) is 11.0. The van der Waals surface area contributed by atoms with Gasteiger partial charge in [-0.1, -0.05) is 0 Å². The number of hydrogen-bond acceptors (Lipinski definition) is 6. The lowest BCUT2D eigenvalue weighted by Gasteiger charge is -2.18. The number of furan rings is 1. The lowest BCUT2D eigenvalue weighted by Crippen LogP contribution is -2.27. The monoisotopic (exact) mass is 368 g/mol. The van der Waals surface area contributed by atoms with E-state index in [1.54, 1.807) is 12.1 Å². The topological polar surface area (TPSA) is 118 Å². The lowest BCUT2D eigenvalue weighted by atomic mass is 10.2. The maximum absolute atomic E-state index is 12.6. The second-order valence-corrected chi connectivity index (χ2v) is 7.16. The Hall–Kier alpha value is -2.36. The van der Waals surface area contributed by atoms with E-state index in [0.29, 0.717) is 18.1 Å². The molecule has 2 aromatic rings. The molecule has 0 spiro atoms. The molecule has 0 aliphatic carbocycles. The van der Waals surface area contributed by atoms with Gasteiger partial charge in [0.1, 0.15) is 10.7 Å². The van der Waals surface area contributed by atoms with Crippen LogP contribution in [0.2, 0.25) is 0 Å². The summed E-state index contributed by atoms with van der Waals surface area (Å²) in [5.41, 5.74) is 0.171. The van der Waals surface area contributed by atoms with Gasteiger partial charge < -0.3 is 19.6 Å². The fourth-order valence-electron chi connectivity index (χ4n) is 2.21. The van der Waals surface area contributed by atoms with Gasteiger partial charge in [0, 0.05) is 13.2 Å². The number of benzene rings is 1. The molecule has 136 valence electrons. The summed E-state index contributed by atoms with van der Waals surface area (Å²) in [6, 6.07) is 7.01. The van der Waals surface area contributed by atoms with Crippen molar-refractivity contribution in [3.63, 3.8) is 0 Å². The predicted molar refractivity (Wildman–Crippen MR) is 91.1 cm³/mol. The Morgan fingerprint density at radius 3 is 2.72 bits per heavy atom. The molecule has 0 bridgehead atoms. The van der Waals surface area contributed by atoms with Crippen LogP contribution in [0.25, 0.3) is 0 Å². The Bertz CT molecular complexity index is 817. The van der Waals surface area contributed by atoms with E-state index in [2.05, 4.69) is 10.0 Å². The first kappa shape index (κ1) is 19.0. The van der Waals surface area contributed by atoms with Crippen LogP contribution >= 0.6 is 0 Å². The van der Waals surface area contributed by atoms with Gasteiger partial charge in [0.2, 0.25) is 10.0 Å². The molecule has 1 aromatic heterocycles. The minimum Gasteiger partial charge on any atom is -0.478 e. The minimum atomic E-state index is -3.96. The molecule has 0 aliphatic heterocycles. The van der Waals surface area contributed by atoms with Crippen molar-refractivity contribution in [3.05, 3.63) is 47.9 Å². The van der Waals surface area contributed by atoms with Crippen LogP contribution in [0.1, 0.15) is 23.0 Å². The van der Waals surface area contributed by atoms with Crippen LogP contribution in [0, 0.1) is 0 Å². The summed E-state index contributed by atoms with van der Waals surface area (Å²) in [5.74, 6) is -0.765. The fraction of sp³-hybridized carbons (Fsp3) is 0.312. The number of carboxylic acid groups (broad SMARTS) is 1. The molecule has 1 atom stereocenters. The summed E-state index contributed by atoms with van der Waals surface area (Å²) >= 11 is 0. The predicted octanol–water partition coefficient (Wildman–Crippen LogP) is 1.90. The van der Waals surface area contributed by atoms with Crippen molar-refractivity contribution in [1.29, 1.82) is 0 Å². The summed E-state index contributed by atoms with van der Waals surface area (Å²) < 4.78 is 37.8. The standard InChI is InChI=1S/C16H20N2O6S/c1-11(10-23-2)18-14-6-5-12(16(19)20)8-15(14)25(21,22)17-9-13-4-3-7-24-13/h3-8,11,17-18H,9-10H2,1-2H3,(H,19,20). The summed E-state index contributed by atoms with van der Waals surface area (Å²) in [5, 5.41) is 12.2. The molecular formula is C16H20N2O6S. The Morgan fingerprint density at radius 1 is 1.36 bits per heavy atom. The number of hydrogen-bond donors (Lipinski definition) is 3. The van der Waals surface area contributed by atoms with Gasteiger partial charge in [0.15, 0.2) is 0 Å². The quantitative estimate of drug-likeness (QED) is 0.619. The Kier molecular flexibility index (Phi) is 6.18. The molecule has 0 aliphatic rings. The number of carboxylic acids is 1. The van der Waals surface area contributed by atoms with Crippen molar-refractivity contribution in [2.45, 2.75) is 24.4 Å². The third-order valence-corrected chi connectivity index (χ3v) is 4.79. The number of anilines is 1. The van der Waals surface area contributed by atoms with Crippen LogP contribution in [-0.2, 0) is 21.3 Å². The number of aromatic carboxylic acids is 1. The zero-order valence-electron chi connectivity index (χ0n) is 13.9. The van der Waals surface area contributed by atoms with Gasteiger partial charge >= 0.3 is 5.97 Å². The molecule has 0 radical (unpaired) electrons. The summed E-state index contributed by atoms with van der Waals surface area (Å²) in [6.07, 6.45) is 1.44. The van der Waals surface area contributed by atoms with Crippen LogP contribution in [0.3, 0.4) is 0 Å². The van der Waals surface area contributed by atoms with Gasteiger partial charge in [-0.05, 0) is 37.3 Å². The first-order valence-corrected chi connectivity index (χ1v) is 8.96. The highest BCUT2D eigenvalue weighted by Gasteiger charge is 2.22. The first-order valence-electron chi connectivity index (χ1n) is 7.48. The molecule has 0 saturated carbocycles. The summed E-state index contributed by atoms with van der Waals surface area (Å²) in [6.45, 7) is 2.14. The van der Waals surface area contributed by atoms with E-state index >= 15 is 0 Å². The van der Waals surface area contributed by atoms with Gasteiger partial charge in [0.25, 0.3) is 0 Å². The smallest absolute Gasteiger partial charge is 0.335 e. The average molecular weight is 368 g/mol. The number of sulfonamides is 1. The van der Waals surface area contributed by atoms with Crippen LogP contribution < -0.4 is 10.0 Å². The van der Waals surface area contributed by atoms with Crippen molar-refractivity contribution >= 4 is 21.7 Å². The number of rotatable bonds is 9. The SMILES string of the molecule is COCC(C)Nc1ccc(C(=O)O)cc1S(=O)(=O)NCc1ccco1. The third kappa shape index (κ3) is 5.05. The van der Waals surface area contributed by atoms with Gasteiger partial charge in [-0.2, -0.15) is 0 Å². The molecule has 3 N–H and O–H groups in total. The molecule has 9 heteroatoms. The highest BCUT2D eigenvalue weighted by Crippen LogP contribution is 2.24. The molecule has 25 heavy (non-hydrogen) atoms. The van der Waals surface area contributed by atoms with Gasteiger partial charge in [-0.25, -0.2) is 17.9 Å². The molecule has 2 rings (SSSR count). The van der Waals surface area contributed by atoms with Crippen molar-refractivity contribution in [1.82, 2.24) is 4.72 Å². The van der Waals surface area contributed by atoms with Crippen LogP contribution in [-0.4, -0.2) is 39.3 Å². The highest BCUT2D eigenvalue weighted by atomic mass is 32.2. The van der Waals surface area contributed by atoms with Gasteiger partial charge in [-0.15, -0.1) is 0 Å². The zero-order chi connectivity index (χ0) is 18.4. The Balaban J connectivity index is 2.33. The van der Waals surface area contributed by atoms with E-state index in [1.807, 2.05) is 6.92 Å². The molecule has 0 saturated heterocycles. The van der Waals surface area contributed by atoms with Crippen LogP contribution in [0.5, 0.6) is 0 Å². The molecule has 1 unspecified atom stereocenters. The van der Waals surface area contributed by atoms with Crippen molar-refractivity contribution in [2.24, 2.45) is 0 Å². The minimum absolute atomic E-state index is 0.0420. The second-order valence-electron chi connectivity index (χ2n) is 5.42. The highest BCUT2D eigenvalue weighted by molar-refractivity contribution is 7.89. The van der Waals surface area contributed by atoms with E-state index in [0.717, 1.165) is 6.07 Å². The van der Waals surface area contributed by atoms with E-state index in [-0.39, 0.29) is 23.0 Å². The summed E-state index contributed by atoms with van der Waals surface area (Å²) in [7, 11) is -2.42. The van der Waals surface area contributed by atoms with Crippen molar-refractivity contribution in [2.75, 3.05) is 19.0 Å². The second kappa shape index (κ2) is 8.15. The van der Waals surface area contributed by atoms with E-state index in [4.69, 9.17) is 14.3 Å². The Labute approximate surface area is 145 Å². The van der Waals surface area contributed by atoms with Gasteiger partial charge in [0.05, 0.1) is 30.7 Å². The number of nitrogens with one attached hydrogen (secondary N) is 2. The number of methoxy groups -OCH3 is 1. The van der Waals surface area contributed by atoms with E-state index < -0.39 is 16.0 Å². The van der Waals surface area contributed by atoms with Crippen molar-refractivity contribution < 1.29 is 27.5 Å². The fourth-order valence-corrected chi connectivity index (χ4v) is 3.40. The maximum atomic E-state index is 12.6. The molecule has 8 nitrogen and oxygen atoms in total. The zero-order valence-corrected chi connectivity index (χ0v) is 14.7. The average Bonchev–Trinajstić information content (AvgIpc) is 3.07. The molecule has 0 fully saturated rings. The van der Waals surface area contributed by atoms with Crippen LogP contribution in [0.15, 0.2) is 45.9 Å². The van der Waals surface area contributed by atoms with Gasteiger partial charge in [-0.3, -0.25) is 0 Å². The Morgan fingerprint density at radius 2 is 2.12 bits per heavy atom. The molecule has 1 heterocycles. The van der Waals surface area contributed by atoms with E-state index in [9.17, 15) is 13.2 Å². The number of ether oxygens (including phenoxy) is 1. The lowest BCUT2D eigenvalue weighted by molar-refractivity contribution is 0.0696. The van der Waals surface area contributed by atoms with E-state index in [1.165, 1.54) is 25.5 Å². The number of carbonyl (C=O) groups is 1. The molecule has 1 aromatic carbocycles. The normalized spacial score (nSPS) is 12.7. The largest absolute Gasteiger partial charge is 0.478 e. The third-order valence-electron chi connectivity index (χ3n) is 3.35. The first-order chi connectivity index (χ1) is 11.8. The molecule has 0 amide bonds. The van der Waals surface area contributed by atoms with Crippen molar-refractivity contribution in [3.8, 4) is 0 Å².